The van der Waals surface area contributed by atoms with E-state index in [1.54, 1.807) is 12.1 Å². The Hall–Kier alpha value is -3.97. The summed E-state index contributed by atoms with van der Waals surface area (Å²) >= 11 is 0. The van der Waals surface area contributed by atoms with E-state index in [9.17, 15) is 23.3 Å². The van der Waals surface area contributed by atoms with Crippen molar-refractivity contribution in [3.63, 3.8) is 0 Å². The van der Waals surface area contributed by atoms with Gasteiger partial charge in [-0.05, 0) is 117 Å². The number of hydrogen-bond donors (Lipinski definition) is 2. The maximum atomic E-state index is 13.1. The number of nitro groups is 1. The van der Waals surface area contributed by atoms with Gasteiger partial charge in [0.1, 0.15) is 5.69 Å². The summed E-state index contributed by atoms with van der Waals surface area (Å²) in [4.78, 5) is 29.0. The molecule has 52 heavy (non-hydrogen) atoms. The predicted molar refractivity (Wildman–Crippen MR) is 206 cm³/mol. The van der Waals surface area contributed by atoms with Crippen LogP contribution >= 0.6 is 12.4 Å². The number of amides is 1. The van der Waals surface area contributed by atoms with Crippen LogP contribution < -0.4 is 14.9 Å². The molecule has 4 fully saturated rings. The van der Waals surface area contributed by atoms with E-state index in [1.807, 2.05) is 18.2 Å². The Morgan fingerprint density at radius 2 is 1.71 bits per heavy atom. The van der Waals surface area contributed by atoms with Crippen molar-refractivity contribution in [2.24, 2.45) is 11.3 Å². The Morgan fingerprint density at radius 1 is 1.00 bits per heavy atom. The fourth-order valence-corrected chi connectivity index (χ4v) is 9.62. The molecular formula is C39H48ClN5O6S. The van der Waals surface area contributed by atoms with E-state index in [2.05, 4.69) is 50.7 Å². The van der Waals surface area contributed by atoms with Gasteiger partial charge in [0.2, 0.25) is 0 Å². The van der Waals surface area contributed by atoms with Gasteiger partial charge in [-0.3, -0.25) is 19.8 Å². The van der Waals surface area contributed by atoms with Gasteiger partial charge in [-0.1, -0.05) is 36.9 Å². The summed E-state index contributed by atoms with van der Waals surface area (Å²) in [6.45, 7) is 8.90. The highest BCUT2D eigenvalue weighted by Gasteiger charge is 2.49. The molecule has 1 amide bonds. The molecule has 0 aromatic heterocycles. The minimum atomic E-state index is -4.36. The highest BCUT2D eigenvalue weighted by molar-refractivity contribution is 7.90. The molecule has 1 atom stereocenters. The first kappa shape index (κ1) is 37.8. The monoisotopic (exact) mass is 749 g/mol. The van der Waals surface area contributed by atoms with Gasteiger partial charge in [0.05, 0.1) is 9.82 Å². The summed E-state index contributed by atoms with van der Waals surface area (Å²) in [5.41, 5.74) is 4.10. The number of likely N-dealkylation sites (tertiary alicyclic amines) is 1. The number of nitrogens with zero attached hydrogens (tertiary/aromatic N) is 3. The number of anilines is 2. The van der Waals surface area contributed by atoms with E-state index in [4.69, 9.17) is 4.74 Å². The topological polar surface area (TPSA) is 134 Å². The smallest absolute Gasteiger partial charge is 0.293 e. The molecule has 1 aliphatic carbocycles. The van der Waals surface area contributed by atoms with Crippen molar-refractivity contribution in [2.45, 2.75) is 68.3 Å². The zero-order valence-corrected chi connectivity index (χ0v) is 31.0. The first-order chi connectivity index (χ1) is 24.6. The second kappa shape index (κ2) is 16.0. The fraction of sp³-hybridized carbons (Fsp3) is 0.462. The van der Waals surface area contributed by atoms with Gasteiger partial charge in [0.25, 0.3) is 21.6 Å². The largest absolute Gasteiger partial charge is 0.381 e. The molecule has 278 valence electrons. The molecule has 3 heterocycles. The number of halogens is 1. The van der Waals surface area contributed by atoms with Crippen molar-refractivity contribution in [2.75, 3.05) is 49.6 Å². The molecular weight excluding hydrogens is 702 g/mol. The van der Waals surface area contributed by atoms with E-state index in [0.29, 0.717) is 43.2 Å². The Kier molecular flexibility index (Phi) is 11.6. The van der Waals surface area contributed by atoms with Crippen LogP contribution in [0.25, 0.3) is 6.08 Å². The van der Waals surface area contributed by atoms with Crippen molar-refractivity contribution in [3.05, 3.63) is 100 Å². The van der Waals surface area contributed by atoms with Crippen LogP contribution in [0.3, 0.4) is 0 Å². The molecule has 3 aromatic carbocycles. The predicted octanol–water partition coefficient (Wildman–Crippen LogP) is 7.20. The second-order valence-corrected chi connectivity index (χ2v) is 16.3. The third-order valence-corrected chi connectivity index (χ3v) is 12.9. The highest BCUT2D eigenvalue weighted by Crippen LogP contribution is 2.54. The van der Waals surface area contributed by atoms with Crippen LogP contribution in [0.1, 0.15) is 78.9 Å². The molecule has 3 saturated heterocycles. The number of carbonyl (C=O) groups is 1. The van der Waals surface area contributed by atoms with Crippen molar-refractivity contribution in [1.29, 1.82) is 0 Å². The van der Waals surface area contributed by atoms with Crippen molar-refractivity contribution in [1.82, 2.24) is 9.62 Å². The standard InChI is InChI=1S/C39H47N5O6S.ClH/c1-2-29-6-3-4-7-34(29)36-8-5-19-43(36)32-25-39(26-32)17-20-42(21-18-39)31-11-9-30(10-12-31)38(45)41-51(48,49)33-13-14-35(37(24-33)44(46)47)40-27-28-15-22-50-23-16-28;/h2-4,6-7,9-14,24,28,32,36,40H,1,5,8,15-23,25-27H2,(H,41,45);1H/t36-;/m0./s1. The average molecular weight is 750 g/mol. The Labute approximate surface area is 312 Å². The molecule has 1 saturated carbocycles. The first-order valence-electron chi connectivity index (χ1n) is 18.1. The van der Waals surface area contributed by atoms with Gasteiger partial charge < -0.3 is 15.0 Å². The molecule has 3 aliphatic heterocycles. The Bertz CT molecular complexity index is 1870. The lowest BCUT2D eigenvalue weighted by molar-refractivity contribution is -0.384. The SMILES string of the molecule is C=Cc1ccccc1[C@@H]1CCCN1C1CC2(CCN(c3ccc(C(=O)NS(=O)(=O)c4ccc(NCC5CCOCC5)c([N+](=O)[O-])c4)cc3)CC2)C1.Cl. The number of ether oxygens (including phenoxy) is 1. The normalized spacial score (nSPS) is 20.8. The van der Waals surface area contributed by atoms with Gasteiger partial charge in [0.15, 0.2) is 0 Å². The molecule has 0 bridgehead atoms. The van der Waals surface area contributed by atoms with E-state index < -0.39 is 20.9 Å². The van der Waals surface area contributed by atoms with Crippen LogP contribution in [-0.4, -0.2) is 69.6 Å². The second-order valence-electron chi connectivity index (χ2n) is 14.6. The summed E-state index contributed by atoms with van der Waals surface area (Å²) < 4.78 is 33.7. The zero-order chi connectivity index (χ0) is 35.6. The average Bonchev–Trinajstić information content (AvgIpc) is 3.62. The number of benzene rings is 3. The van der Waals surface area contributed by atoms with E-state index >= 15 is 0 Å². The van der Waals surface area contributed by atoms with E-state index in [-0.39, 0.29) is 34.2 Å². The molecule has 4 aliphatic rings. The molecule has 13 heteroatoms. The number of hydrogen-bond acceptors (Lipinski definition) is 9. The summed E-state index contributed by atoms with van der Waals surface area (Å²) in [5, 5.41) is 14.9. The maximum absolute atomic E-state index is 13.1. The van der Waals surface area contributed by atoms with E-state index in [1.165, 1.54) is 48.9 Å². The van der Waals surface area contributed by atoms with Gasteiger partial charge in [0, 0.05) is 62.2 Å². The first-order valence-corrected chi connectivity index (χ1v) is 19.6. The molecule has 11 nitrogen and oxygen atoms in total. The number of rotatable bonds is 11. The van der Waals surface area contributed by atoms with Gasteiger partial charge >= 0.3 is 0 Å². The van der Waals surface area contributed by atoms with Crippen LogP contribution in [-0.2, 0) is 14.8 Å². The molecule has 0 unspecified atom stereocenters. The van der Waals surface area contributed by atoms with Gasteiger partial charge in [-0.2, -0.15) is 0 Å². The summed E-state index contributed by atoms with van der Waals surface area (Å²) in [6.07, 6.45) is 10.8. The lowest BCUT2D eigenvalue weighted by atomic mass is 9.59. The molecule has 0 radical (unpaired) electrons. The summed E-state index contributed by atoms with van der Waals surface area (Å²) in [6, 6.07) is 20.4. The van der Waals surface area contributed by atoms with Gasteiger partial charge in [-0.25, -0.2) is 13.1 Å². The molecule has 2 N–H and O–H groups in total. The quantitative estimate of drug-likeness (QED) is 0.154. The number of nitrogens with one attached hydrogen (secondary N) is 2. The van der Waals surface area contributed by atoms with Crippen molar-refractivity contribution in [3.8, 4) is 0 Å². The van der Waals surface area contributed by atoms with Crippen LogP contribution in [0.15, 0.2) is 78.2 Å². The third kappa shape index (κ3) is 8.00. The summed E-state index contributed by atoms with van der Waals surface area (Å²) in [5.74, 6) is -0.477. The van der Waals surface area contributed by atoms with Gasteiger partial charge in [-0.15, -0.1) is 12.4 Å². The van der Waals surface area contributed by atoms with Crippen LogP contribution in [0.5, 0.6) is 0 Å². The maximum Gasteiger partial charge on any atom is 0.293 e. The third-order valence-electron chi connectivity index (χ3n) is 11.6. The summed E-state index contributed by atoms with van der Waals surface area (Å²) in [7, 11) is -4.36. The van der Waals surface area contributed by atoms with Crippen LogP contribution in [0.4, 0.5) is 17.1 Å². The minimum Gasteiger partial charge on any atom is -0.381 e. The highest BCUT2D eigenvalue weighted by atomic mass is 35.5. The Morgan fingerprint density at radius 3 is 2.40 bits per heavy atom. The van der Waals surface area contributed by atoms with Crippen molar-refractivity contribution < 1.29 is 22.9 Å². The number of sulfonamides is 1. The zero-order valence-electron chi connectivity index (χ0n) is 29.4. The molecule has 1 spiro atoms. The minimum absolute atomic E-state index is 0. The Balaban J connectivity index is 0.00000464. The lowest BCUT2D eigenvalue weighted by Crippen LogP contribution is -2.54. The van der Waals surface area contributed by atoms with Crippen LogP contribution in [0.2, 0.25) is 0 Å². The fourth-order valence-electron chi connectivity index (χ4n) is 8.63. The molecule has 3 aromatic rings. The van der Waals surface area contributed by atoms with Crippen LogP contribution in [0, 0.1) is 21.4 Å². The van der Waals surface area contributed by atoms with E-state index in [0.717, 1.165) is 57.1 Å². The molecule has 7 rings (SSSR count). The van der Waals surface area contributed by atoms with Crippen molar-refractivity contribution >= 4 is 51.5 Å². The lowest BCUT2D eigenvalue weighted by Gasteiger charge is -2.56. The number of piperidine rings is 1. The number of carbonyl (C=O) groups excluding carboxylic acids is 1. The number of nitro benzene ring substituents is 1.